The largest absolute Gasteiger partial charge is 0.368 e. The fraction of sp³-hybridized carbons (Fsp3) is 0. The Balaban J connectivity index is 2.29. The maximum Gasteiger partial charge on any atom is 0.221 e. The van der Waals surface area contributed by atoms with Crippen LogP contribution in [0.1, 0.15) is 9.67 Å². The number of aromatic nitrogens is 2. The number of halogens is 1. The Hall–Kier alpha value is -1.98. The Labute approximate surface area is 117 Å². The minimum Gasteiger partial charge on any atom is -0.368 e. The molecule has 4 nitrogen and oxygen atoms in total. The van der Waals surface area contributed by atoms with Crippen LogP contribution in [0.4, 0.5) is 5.95 Å². The van der Waals surface area contributed by atoms with E-state index in [4.69, 9.17) is 17.3 Å². The van der Waals surface area contributed by atoms with Crippen LogP contribution in [-0.2, 0) is 0 Å². The van der Waals surface area contributed by atoms with Crippen molar-refractivity contribution in [2.24, 2.45) is 0 Å². The second-order valence-electron chi connectivity index (χ2n) is 3.92. The molecule has 2 heterocycles. The van der Waals surface area contributed by atoms with Gasteiger partial charge in [-0.3, -0.25) is 4.79 Å². The maximum atomic E-state index is 10.9. The Morgan fingerprint density at radius 2 is 1.95 bits per heavy atom. The van der Waals surface area contributed by atoms with Crippen molar-refractivity contribution >= 4 is 45.4 Å². The van der Waals surface area contributed by atoms with Crippen molar-refractivity contribution in [2.45, 2.75) is 0 Å². The molecule has 3 rings (SSSR count). The lowest BCUT2D eigenvalue weighted by Crippen LogP contribution is -1.96. The highest BCUT2D eigenvalue weighted by atomic mass is 35.5. The van der Waals surface area contributed by atoms with Crippen molar-refractivity contribution < 1.29 is 4.79 Å². The molecule has 2 N–H and O–H groups in total. The molecule has 0 unspecified atom stereocenters. The number of thiophene rings is 1. The molecule has 0 bridgehead atoms. The van der Waals surface area contributed by atoms with Crippen LogP contribution in [0.3, 0.4) is 0 Å². The maximum absolute atomic E-state index is 10.9. The molecule has 94 valence electrons. The van der Waals surface area contributed by atoms with Gasteiger partial charge in [-0.05, 0) is 18.2 Å². The van der Waals surface area contributed by atoms with Crippen molar-refractivity contribution in [2.75, 3.05) is 5.73 Å². The number of aldehydes is 1. The molecule has 1 aromatic carbocycles. The Morgan fingerprint density at radius 1 is 1.21 bits per heavy atom. The molecule has 19 heavy (non-hydrogen) atoms. The van der Waals surface area contributed by atoms with Crippen LogP contribution in [-0.4, -0.2) is 16.3 Å². The van der Waals surface area contributed by atoms with Gasteiger partial charge in [-0.2, -0.15) is 0 Å². The van der Waals surface area contributed by atoms with Crippen molar-refractivity contribution in [3.05, 3.63) is 40.2 Å². The number of benzene rings is 1. The number of nitrogens with zero attached hydrogens (tertiary/aromatic N) is 2. The molecule has 0 radical (unpaired) electrons. The first-order valence-electron chi connectivity index (χ1n) is 5.45. The topological polar surface area (TPSA) is 68.9 Å². The number of nitrogens with two attached hydrogens (primary N) is 1. The fourth-order valence-electron chi connectivity index (χ4n) is 1.84. The van der Waals surface area contributed by atoms with E-state index < -0.39 is 0 Å². The summed E-state index contributed by atoms with van der Waals surface area (Å²) in [4.78, 5) is 20.6. The van der Waals surface area contributed by atoms with Gasteiger partial charge in [0.2, 0.25) is 5.95 Å². The minimum atomic E-state index is 0.191. The monoisotopic (exact) mass is 289 g/mol. The summed E-state index contributed by atoms with van der Waals surface area (Å²) >= 11 is 7.17. The lowest BCUT2D eigenvalue weighted by Gasteiger charge is -2.03. The zero-order valence-corrected chi connectivity index (χ0v) is 11.2. The summed E-state index contributed by atoms with van der Waals surface area (Å²) in [5.74, 6) is 0.191. The highest BCUT2D eigenvalue weighted by molar-refractivity contribution is 7.20. The molecular formula is C13H8ClN3OS. The first-order chi connectivity index (χ1) is 9.17. The molecule has 0 fully saturated rings. The molecule has 0 aliphatic carbocycles. The van der Waals surface area contributed by atoms with Crippen LogP contribution in [0.25, 0.3) is 21.5 Å². The van der Waals surface area contributed by atoms with Crippen LogP contribution in [0, 0.1) is 0 Å². The van der Waals surface area contributed by atoms with E-state index in [1.165, 1.54) is 11.3 Å². The molecule has 0 spiro atoms. The summed E-state index contributed by atoms with van der Waals surface area (Å²) in [5, 5.41) is 1.48. The van der Waals surface area contributed by atoms with E-state index in [0.717, 1.165) is 17.2 Å². The highest BCUT2D eigenvalue weighted by Crippen LogP contribution is 2.32. The van der Waals surface area contributed by atoms with Crippen molar-refractivity contribution in [3.63, 3.8) is 0 Å². The summed E-state index contributed by atoms with van der Waals surface area (Å²) in [6.45, 7) is 0. The van der Waals surface area contributed by atoms with Gasteiger partial charge in [-0.15, -0.1) is 11.3 Å². The quantitative estimate of drug-likeness (QED) is 0.734. The summed E-state index contributed by atoms with van der Waals surface area (Å²) in [6, 6.07) is 9.07. The number of anilines is 1. The summed E-state index contributed by atoms with van der Waals surface area (Å²) < 4.78 is 0. The number of nitrogen functional groups attached to an aromatic ring is 1. The van der Waals surface area contributed by atoms with E-state index in [9.17, 15) is 4.79 Å². The van der Waals surface area contributed by atoms with E-state index in [2.05, 4.69) is 9.97 Å². The molecule has 0 atom stereocenters. The van der Waals surface area contributed by atoms with Gasteiger partial charge in [0.25, 0.3) is 0 Å². The van der Waals surface area contributed by atoms with E-state index in [0.29, 0.717) is 20.4 Å². The summed E-state index contributed by atoms with van der Waals surface area (Å²) in [6.07, 6.45) is 0.800. The van der Waals surface area contributed by atoms with Gasteiger partial charge in [0.15, 0.2) is 6.29 Å². The van der Waals surface area contributed by atoms with Crippen molar-refractivity contribution in [3.8, 4) is 11.3 Å². The van der Waals surface area contributed by atoms with Gasteiger partial charge < -0.3 is 5.73 Å². The van der Waals surface area contributed by atoms with E-state index in [-0.39, 0.29) is 5.95 Å². The van der Waals surface area contributed by atoms with E-state index in [1.54, 1.807) is 18.2 Å². The molecular weight excluding hydrogens is 282 g/mol. The van der Waals surface area contributed by atoms with Crippen LogP contribution in [0.5, 0.6) is 0 Å². The average Bonchev–Trinajstić information content (AvgIpc) is 2.81. The van der Waals surface area contributed by atoms with Crippen molar-refractivity contribution in [1.29, 1.82) is 0 Å². The lowest BCUT2D eigenvalue weighted by atomic mass is 10.1. The number of carbonyl (C=O) groups is 1. The zero-order chi connectivity index (χ0) is 13.4. The molecule has 0 saturated heterocycles. The SMILES string of the molecule is Nc1nc(-c2ccc(Cl)cc2)c2cc(C=O)sc2n1. The predicted molar refractivity (Wildman–Crippen MR) is 77.7 cm³/mol. The zero-order valence-electron chi connectivity index (χ0n) is 9.63. The van der Waals surface area contributed by atoms with Gasteiger partial charge in [0.05, 0.1) is 10.6 Å². The van der Waals surface area contributed by atoms with E-state index >= 15 is 0 Å². The smallest absolute Gasteiger partial charge is 0.221 e. The summed E-state index contributed by atoms with van der Waals surface area (Å²) in [5.41, 5.74) is 7.31. The molecule has 0 saturated carbocycles. The molecule has 6 heteroatoms. The van der Waals surface area contributed by atoms with Gasteiger partial charge in [-0.1, -0.05) is 23.7 Å². The fourth-order valence-corrected chi connectivity index (χ4v) is 2.82. The van der Waals surface area contributed by atoms with Crippen molar-refractivity contribution in [1.82, 2.24) is 9.97 Å². The molecule has 0 aliphatic heterocycles. The van der Waals surface area contributed by atoms with Crippen LogP contribution in [0.15, 0.2) is 30.3 Å². The number of carbonyl (C=O) groups excluding carboxylic acids is 1. The number of hydrogen-bond acceptors (Lipinski definition) is 5. The third-order valence-electron chi connectivity index (χ3n) is 2.66. The average molecular weight is 290 g/mol. The van der Waals surface area contributed by atoms with Crippen LogP contribution in [0.2, 0.25) is 5.02 Å². The van der Waals surface area contributed by atoms with Crippen LogP contribution < -0.4 is 5.73 Å². The Bertz CT molecular complexity index is 767. The second kappa shape index (κ2) is 4.60. The molecule has 2 aromatic heterocycles. The van der Waals surface area contributed by atoms with E-state index in [1.807, 2.05) is 12.1 Å². The van der Waals surface area contributed by atoms with Gasteiger partial charge in [-0.25, -0.2) is 9.97 Å². The summed E-state index contributed by atoms with van der Waals surface area (Å²) in [7, 11) is 0. The van der Waals surface area contributed by atoms with Gasteiger partial charge >= 0.3 is 0 Å². The van der Waals surface area contributed by atoms with Crippen LogP contribution >= 0.6 is 22.9 Å². The van der Waals surface area contributed by atoms with Gasteiger partial charge in [0, 0.05) is 16.0 Å². The predicted octanol–water partition coefficient (Wildman–Crippen LogP) is 3.41. The first kappa shape index (κ1) is 12.1. The lowest BCUT2D eigenvalue weighted by molar-refractivity contribution is 0.112. The van der Waals surface area contributed by atoms with Gasteiger partial charge in [0.1, 0.15) is 4.83 Å². The standard InChI is InChI=1S/C13H8ClN3OS/c14-8-3-1-7(2-4-8)11-10-5-9(6-18)19-12(10)17-13(15)16-11/h1-6H,(H2,15,16,17). The second-order valence-corrected chi connectivity index (χ2v) is 5.42. The number of hydrogen-bond donors (Lipinski definition) is 1. The third-order valence-corrected chi connectivity index (χ3v) is 3.87. The number of rotatable bonds is 2. The minimum absolute atomic E-state index is 0.191. The Kier molecular flexibility index (Phi) is 2.93. The third kappa shape index (κ3) is 2.18. The Morgan fingerprint density at radius 3 is 2.63 bits per heavy atom. The molecule has 0 aliphatic rings. The first-order valence-corrected chi connectivity index (χ1v) is 6.65. The molecule has 0 amide bonds. The normalized spacial score (nSPS) is 10.8. The highest BCUT2D eigenvalue weighted by Gasteiger charge is 2.12. The molecule has 3 aromatic rings. The number of fused-ring (bicyclic) bond motifs is 1.